The Morgan fingerprint density at radius 2 is 2.18 bits per heavy atom. The van der Waals surface area contributed by atoms with Gasteiger partial charge in [0.25, 0.3) is 5.56 Å². The molecule has 6 N–H and O–H groups in total. The number of carbonyl (C=O) groups is 1. The first kappa shape index (κ1) is 26.6. The number of rotatable bonds is 10. The van der Waals surface area contributed by atoms with Gasteiger partial charge in [0.2, 0.25) is 5.95 Å². The van der Waals surface area contributed by atoms with Gasteiger partial charge in [-0.1, -0.05) is 11.8 Å². The van der Waals surface area contributed by atoms with Crippen LogP contribution < -0.4 is 11.3 Å². The second-order valence-corrected chi connectivity index (χ2v) is 10.5. The maximum Gasteiger partial charge on any atom is 0.697 e. The Hall–Kier alpha value is -1.97. The van der Waals surface area contributed by atoms with Gasteiger partial charge in [-0.2, -0.15) is 4.98 Å². The van der Waals surface area contributed by atoms with Crippen LogP contribution in [-0.4, -0.2) is 83.3 Å². The van der Waals surface area contributed by atoms with Crippen molar-refractivity contribution in [1.82, 2.24) is 19.5 Å². The fourth-order valence-electron chi connectivity index (χ4n) is 3.17. The number of hydrogen-bond donors (Lipinski definition) is 5. The fraction of sp³-hybridized carbons (Fsp3) is 0.667. The lowest BCUT2D eigenvalue weighted by atomic mass is 9.96. The molecule has 1 aliphatic rings. The molecule has 1 saturated heterocycles. The second-order valence-electron chi connectivity index (χ2n) is 8.50. The van der Waals surface area contributed by atoms with E-state index in [2.05, 4.69) is 15.0 Å². The number of anilines is 1. The highest BCUT2D eigenvalue weighted by Gasteiger charge is 2.54. The van der Waals surface area contributed by atoms with Gasteiger partial charge >= 0.3 is 8.25 Å². The number of ether oxygens (including phenoxy) is 1. The molecule has 2 aromatic rings. The van der Waals surface area contributed by atoms with E-state index < -0.39 is 43.3 Å². The minimum absolute atomic E-state index is 0.0296. The molecule has 1 aliphatic heterocycles. The zero-order valence-electron chi connectivity index (χ0n) is 18.7. The summed E-state index contributed by atoms with van der Waals surface area (Å²) in [5.41, 5.74) is 2.30. The molecule has 34 heavy (non-hydrogen) atoms. The Morgan fingerprint density at radius 3 is 2.85 bits per heavy atom. The van der Waals surface area contributed by atoms with Gasteiger partial charge in [0.05, 0.1) is 18.3 Å². The predicted molar refractivity (Wildman–Crippen MR) is 121 cm³/mol. The zero-order valence-corrected chi connectivity index (χ0v) is 20.4. The maximum absolute atomic E-state index is 12.0. The summed E-state index contributed by atoms with van der Waals surface area (Å²) in [4.78, 5) is 34.2. The SMILES string of the molecule is CC(C)(CO)C(=O)SCCO[P+](=O)OC[C@H]1O[C@@H](n2cnc3c(=O)[nH]c(N)nc32)[C@](C)(O)[C@@H]1O. The molecule has 188 valence electrons. The van der Waals surface area contributed by atoms with Gasteiger partial charge in [0.1, 0.15) is 31.0 Å². The topological polar surface area (TPSA) is 212 Å². The van der Waals surface area contributed by atoms with Crippen molar-refractivity contribution >= 4 is 42.2 Å². The smallest absolute Gasteiger partial charge is 0.395 e. The molecule has 2 aromatic heterocycles. The van der Waals surface area contributed by atoms with E-state index in [0.717, 1.165) is 11.8 Å². The van der Waals surface area contributed by atoms with E-state index in [1.54, 1.807) is 13.8 Å². The van der Waals surface area contributed by atoms with Gasteiger partial charge in [0, 0.05) is 10.3 Å². The molecule has 0 saturated carbocycles. The lowest BCUT2D eigenvalue weighted by molar-refractivity contribution is -0.119. The summed E-state index contributed by atoms with van der Waals surface area (Å²) in [6, 6.07) is 0. The maximum atomic E-state index is 12.0. The zero-order chi connectivity index (χ0) is 25.3. The lowest BCUT2D eigenvalue weighted by Gasteiger charge is -2.27. The molecule has 0 aliphatic carbocycles. The Kier molecular flexibility index (Phi) is 8.10. The number of carbonyl (C=O) groups excluding carboxylic acids is 1. The Balaban J connectivity index is 1.57. The number of aliphatic hydroxyl groups excluding tert-OH is 2. The van der Waals surface area contributed by atoms with Crippen LogP contribution >= 0.6 is 20.0 Å². The van der Waals surface area contributed by atoms with E-state index in [-0.39, 0.29) is 47.8 Å². The van der Waals surface area contributed by atoms with Crippen LogP contribution in [0.2, 0.25) is 0 Å². The number of nitrogens with one attached hydrogen (secondary N) is 1. The molecule has 0 aromatic carbocycles. The van der Waals surface area contributed by atoms with Crippen LogP contribution in [-0.2, 0) is 23.1 Å². The van der Waals surface area contributed by atoms with Crippen LogP contribution in [0.15, 0.2) is 11.1 Å². The van der Waals surface area contributed by atoms with Crippen LogP contribution in [0, 0.1) is 5.41 Å². The first-order chi connectivity index (χ1) is 15.9. The minimum Gasteiger partial charge on any atom is -0.395 e. The second kappa shape index (κ2) is 10.3. The molecule has 0 amide bonds. The van der Waals surface area contributed by atoms with Crippen molar-refractivity contribution in [2.45, 2.75) is 44.8 Å². The molecular weight excluding hydrogens is 493 g/mol. The van der Waals surface area contributed by atoms with Crippen molar-refractivity contribution in [1.29, 1.82) is 0 Å². The van der Waals surface area contributed by atoms with E-state index in [9.17, 15) is 29.5 Å². The van der Waals surface area contributed by atoms with Crippen molar-refractivity contribution in [3.8, 4) is 0 Å². The van der Waals surface area contributed by atoms with Crippen LogP contribution in [0.25, 0.3) is 11.2 Å². The number of aromatic nitrogens is 4. The van der Waals surface area contributed by atoms with Crippen molar-refractivity contribution in [2.24, 2.45) is 5.41 Å². The summed E-state index contributed by atoms with van der Waals surface area (Å²) in [6.07, 6.45) is -2.53. The average Bonchev–Trinajstić information content (AvgIpc) is 3.28. The monoisotopic (exact) mass is 520 g/mol. The fourth-order valence-corrected chi connectivity index (χ4v) is 4.68. The predicted octanol–water partition coefficient (Wildman–Crippen LogP) is -0.320. The Labute approximate surface area is 198 Å². The van der Waals surface area contributed by atoms with Gasteiger partial charge < -0.3 is 25.8 Å². The molecule has 14 nitrogen and oxygen atoms in total. The summed E-state index contributed by atoms with van der Waals surface area (Å²) < 4.78 is 29.2. The number of imidazole rings is 1. The van der Waals surface area contributed by atoms with Gasteiger partial charge in [-0.15, -0.1) is 9.05 Å². The lowest BCUT2D eigenvalue weighted by Crippen LogP contribution is -2.44. The highest BCUT2D eigenvalue weighted by molar-refractivity contribution is 8.13. The van der Waals surface area contributed by atoms with Crippen molar-refractivity contribution in [3.63, 3.8) is 0 Å². The van der Waals surface area contributed by atoms with E-state index in [0.29, 0.717) is 0 Å². The van der Waals surface area contributed by atoms with Crippen molar-refractivity contribution in [3.05, 3.63) is 16.7 Å². The molecule has 3 heterocycles. The Morgan fingerprint density at radius 1 is 1.47 bits per heavy atom. The molecule has 5 atom stereocenters. The number of thioether (sulfide) groups is 1. The van der Waals surface area contributed by atoms with Gasteiger partial charge in [-0.3, -0.25) is 19.1 Å². The number of nitrogens with zero attached hydrogens (tertiary/aromatic N) is 3. The molecule has 1 unspecified atom stereocenters. The van der Waals surface area contributed by atoms with E-state index in [4.69, 9.17) is 19.5 Å². The number of H-pyrrole nitrogens is 1. The first-order valence-electron chi connectivity index (χ1n) is 10.2. The summed E-state index contributed by atoms with van der Waals surface area (Å²) in [6.45, 7) is 3.82. The number of aromatic amines is 1. The largest absolute Gasteiger partial charge is 0.697 e. The molecule has 1 fully saturated rings. The first-order valence-corrected chi connectivity index (χ1v) is 12.3. The summed E-state index contributed by atoms with van der Waals surface area (Å²) in [7, 11) is -2.60. The van der Waals surface area contributed by atoms with Gasteiger partial charge in [-0.25, -0.2) is 4.98 Å². The Bertz CT molecular complexity index is 1120. The molecule has 3 rings (SSSR count). The van der Waals surface area contributed by atoms with Crippen LogP contribution in [0.4, 0.5) is 5.95 Å². The highest BCUT2D eigenvalue weighted by Crippen LogP contribution is 2.40. The summed E-state index contributed by atoms with van der Waals surface area (Å²) in [5.74, 6) is 0.0425. The third-order valence-corrected chi connectivity index (χ3v) is 7.20. The van der Waals surface area contributed by atoms with Crippen LogP contribution in [0.3, 0.4) is 0 Å². The summed E-state index contributed by atoms with van der Waals surface area (Å²) in [5, 5.41) is 30.4. The molecule has 0 bridgehead atoms. The highest BCUT2D eigenvalue weighted by atomic mass is 32.2. The van der Waals surface area contributed by atoms with Crippen molar-refractivity contribution in [2.75, 3.05) is 31.3 Å². The van der Waals surface area contributed by atoms with E-state index in [1.807, 2.05) is 0 Å². The average molecular weight is 520 g/mol. The van der Waals surface area contributed by atoms with E-state index >= 15 is 0 Å². The standard InChI is InChI=1S/C18H26N5O9PS/c1-17(2,7-24)15(27)34-5-4-30-33(29)31-6-9-11(25)18(3,28)14(32-9)23-8-20-10-12(23)21-16(19)22-13(10)26/h8-9,11,14,24-25,28H,4-7H2,1-3H3,(H2-,19,21,22,26)/p+1/t9-,11-,14-,18-/m1/s1. The number of nitrogens with two attached hydrogens (primary N) is 1. The number of fused-ring (bicyclic) bond motifs is 1. The minimum atomic E-state index is -2.60. The van der Waals surface area contributed by atoms with Crippen LogP contribution in [0.1, 0.15) is 27.0 Å². The van der Waals surface area contributed by atoms with Gasteiger partial charge in [-0.05, 0) is 20.8 Å². The van der Waals surface area contributed by atoms with Crippen LogP contribution in [0.5, 0.6) is 0 Å². The summed E-state index contributed by atoms with van der Waals surface area (Å²) >= 11 is 0.941. The quantitative estimate of drug-likeness (QED) is 0.201. The molecule has 16 heteroatoms. The number of nitrogen functional groups attached to an aromatic ring is 1. The molecule has 0 radical (unpaired) electrons. The third-order valence-electron chi connectivity index (χ3n) is 5.26. The van der Waals surface area contributed by atoms with E-state index in [1.165, 1.54) is 17.8 Å². The number of hydrogen-bond acceptors (Lipinski definition) is 13. The van der Waals surface area contributed by atoms with Crippen molar-refractivity contribution < 1.29 is 38.5 Å². The third kappa shape index (κ3) is 5.47. The molecule has 0 spiro atoms. The van der Waals surface area contributed by atoms with Gasteiger partial charge in [0.15, 0.2) is 22.5 Å². The molecular formula is C18H27N5O9PS+. The normalized spacial score (nSPS) is 25.7. The number of aliphatic hydroxyl groups is 3.